The van der Waals surface area contributed by atoms with Gasteiger partial charge in [-0.2, -0.15) is 0 Å². The van der Waals surface area contributed by atoms with Gasteiger partial charge in [0.15, 0.2) is 0 Å². The highest BCUT2D eigenvalue weighted by atomic mass is 16.5. The number of benzene rings is 1. The molecule has 20 heavy (non-hydrogen) atoms. The summed E-state index contributed by atoms with van der Waals surface area (Å²) in [4.78, 5) is 8.20. The van der Waals surface area contributed by atoms with Gasteiger partial charge in [0.25, 0.3) is 0 Å². The van der Waals surface area contributed by atoms with E-state index in [-0.39, 0.29) is 0 Å². The SMILES string of the molecule is Cc1cccc2c1OCCCC2NCc1ccncn1. The summed E-state index contributed by atoms with van der Waals surface area (Å²) in [6.07, 6.45) is 5.51. The van der Waals surface area contributed by atoms with Gasteiger partial charge in [-0.15, -0.1) is 0 Å². The maximum Gasteiger partial charge on any atom is 0.126 e. The van der Waals surface area contributed by atoms with Crippen LogP contribution in [0.2, 0.25) is 0 Å². The Kier molecular flexibility index (Phi) is 3.92. The lowest BCUT2D eigenvalue weighted by Gasteiger charge is -2.19. The monoisotopic (exact) mass is 269 g/mol. The second kappa shape index (κ2) is 6.01. The van der Waals surface area contributed by atoms with Crippen LogP contribution in [-0.4, -0.2) is 16.6 Å². The molecule has 1 unspecified atom stereocenters. The van der Waals surface area contributed by atoms with Crippen LogP contribution in [-0.2, 0) is 6.54 Å². The average molecular weight is 269 g/mol. The molecule has 4 heteroatoms. The van der Waals surface area contributed by atoms with Crippen LogP contribution in [0.1, 0.15) is 35.7 Å². The molecule has 1 aliphatic rings. The number of aromatic nitrogens is 2. The summed E-state index contributed by atoms with van der Waals surface area (Å²) in [5.74, 6) is 1.05. The minimum Gasteiger partial charge on any atom is -0.493 e. The molecule has 104 valence electrons. The maximum absolute atomic E-state index is 5.90. The molecule has 1 N–H and O–H groups in total. The van der Waals surface area contributed by atoms with Crippen LogP contribution in [0, 0.1) is 6.92 Å². The number of aryl methyl sites for hydroxylation is 1. The Morgan fingerprint density at radius 2 is 2.30 bits per heavy atom. The van der Waals surface area contributed by atoms with Gasteiger partial charge in [-0.25, -0.2) is 9.97 Å². The highest BCUT2D eigenvalue weighted by Gasteiger charge is 2.20. The number of nitrogens with zero attached hydrogens (tertiary/aromatic N) is 2. The molecule has 1 atom stereocenters. The van der Waals surface area contributed by atoms with E-state index in [1.165, 1.54) is 11.1 Å². The van der Waals surface area contributed by atoms with Gasteiger partial charge in [0.2, 0.25) is 0 Å². The van der Waals surface area contributed by atoms with Crippen molar-refractivity contribution >= 4 is 0 Å². The second-order valence-corrected chi connectivity index (χ2v) is 5.12. The average Bonchev–Trinajstić information content (AvgIpc) is 2.70. The van der Waals surface area contributed by atoms with Crippen LogP contribution in [0.3, 0.4) is 0 Å². The van der Waals surface area contributed by atoms with Crippen molar-refractivity contribution in [2.75, 3.05) is 6.61 Å². The van der Waals surface area contributed by atoms with Crippen LogP contribution in [0.25, 0.3) is 0 Å². The van der Waals surface area contributed by atoms with Crippen LogP contribution in [0.4, 0.5) is 0 Å². The number of rotatable bonds is 3. The third kappa shape index (κ3) is 2.80. The molecule has 1 aromatic carbocycles. The standard InChI is InChI=1S/C16H19N3O/c1-12-4-2-5-14-15(6-3-9-20-16(12)14)18-10-13-7-8-17-11-19-13/h2,4-5,7-8,11,15,18H,3,6,9-10H2,1H3. The van der Waals surface area contributed by atoms with E-state index in [1.54, 1.807) is 12.5 Å². The molecule has 0 fully saturated rings. The minimum atomic E-state index is 0.322. The van der Waals surface area contributed by atoms with Crippen LogP contribution >= 0.6 is 0 Å². The van der Waals surface area contributed by atoms with E-state index in [9.17, 15) is 0 Å². The number of nitrogens with one attached hydrogen (secondary N) is 1. The number of para-hydroxylation sites is 1. The van der Waals surface area contributed by atoms with Crippen molar-refractivity contribution in [2.45, 2.75) is 32.4 Å². The largest absolute Gasteiger partial charge is 0.493 e. The smallest absolute Gasteiger partial charge is 0.126 e. The number of fused-ring (bicyclic) bond motifs is 1. The fourth-order valence-electron chi connectivity index (χ4n) is 2.63. The van der Waals surface area contributed by atoms with Crippen molar-refractivity contribution < 1.29 is 4.74 Å². The Balaban J connectivity index is 1.78. The Morgan fingerprint density at radius 1 is 1.35 bits per heavy atom. The first-order valence-corrected chi connectivity index (χ1v) is 7.05. The molecule has 0 saturated heterocycles. The molecule has 2 heterocycles. The zero-order valence-electron chi connectivity index (χ0n) is 11.7. The molecule has 4 nitrogen and oxygen atoms in total. The molecular formula is C16H19N3O. The summed E-state index contributed by atoms with van der Waals surface area (Å²) in [5, 5.41) is 3.59. The predicted octanol–water partition coefficient (Wildman–Crippen LogP) is 2.79. The molecule has 1 aromatic heterocycles. The Morgan fingerprint density at radius 3 is 3.15 bits per heavy atom. The van der Waals surface area contributed by atoms with Gasteiger partial charge in [-0.05, 0) is 31.4 Å². The minimum absolute atomic E-state index is 0.322. The fraction of sp³-hybridized carbons (Fsp3) is 0.375. The summed E-state index contributed by atoms with van der Waals surface area (Å²) >= 11 is 0. The van der Waals surface area contributed by atoms with Gasteiger partial charge in [-0.1, -0.05) is 18.2 Å². The Hall–Kier alpha value is -1.94. The summed E-state index contributed by atoms with van der Waals surface area (Å²) < 4.78 is 5.90. The third-order valence-electron chi connectivity index (χ3n) is 3.67. The second-order valence-electron chi connectivity index (χ2n) is 5.12. The van der Waals surface area contributed by atoms with Crippen molar-refractivity contribution in [1.82, 2.24) is 15.3 Å². The van der Waals surface area contributed by atoms with Crippen LogP contribution in [0.5, 0.6) is 5.75 Å². The topological polar surface area (TPSA) is 47.0 Å². The summed E-state index contributed by atoms with van der Waals surface area (Å²) in [5.41, 5.74) is 3.48. The molecule has 2 aromatic rings. The zero-order valence-corrected chi connectivity index (χ0v) is 11.7. The normalized spacial score (nSPS) is 17.9. The van der Waals surface area contributed by atoms with E-state index in [0.29, 0.717) is 6.04 Å². The first-order chi connectivity index (χ1) is 9.84. The molecule has 0 radical (unpaired) electrons. The van der Waals surface area contributed by atoms with E-state index in [0.717, 1.165) is 37.4 Å². The van der Waals surface area contributed by atoms with Crippen molar-refractivity contribution in [3.8, 4) is 5.75 Å². The van der Waals surface area contributed by atoms with Gasteiger partial charge < -0.3 is 10.1 Å². The van der Waals surface area contributed by atoms with Gasteiger partial charge in [0.1, 0.15) is 12.1 Å². The maximum atomic E-state index is 5.90. The van der Waals surface area contributed by atoms with Crippen LogP contribution in [0.15, 0.2) is 36.8 Å². The lowest BCUT2D eigenvalue weighted by molar-refractivity contribution is 0.313. The molecule has 0 amide bonds. The van der Waals surface area contributed by atoms with Crippen molar-refractivity contribution in [3.05, 3.63) is 53.6 Å². The number of ether oxygens (including phenoxy) is 1. The van der Waals surface area contributed by atoms with Crippen molar-refractivity contribution in [1.29, 1.82) is 0 Å². The molecular weight excluding hydrogens is 250 g/mol. The van der Waals surface area contributed by atoms with Crippen LogP contribution < -0.4 is 10.1 Å². The summed E-state index contributed by atoms with van der Waals surface area (Å²) in [6, 6.07) is 8.62. The molecule has 3 rings (SSSR count). The van der Waals surface area contributed by atoms with E-state index < -0.39 is 0 Å². The molecule has 0 aliphatic carbocycles. The van der Waals surface area contributed by atoms with E-state index in [4.69, 9.17) is 4.74 Å². The number of hydrogen-bond acceptors (Lipinski definition) is 4. The van der Waals surface area contributed by atoms with Gasteiger partial charge in [-0.3, -0.25) is 0 Å². The first-order valence-electron chi connectivity index (χ1n) is 7.05. The fourth-order valence-corrected chi connectivity index (χ4v) is 2.63. The molecule has 1 aliphatic heterocycles. The summed E-state index contributed by atoms with van der Waals surface area (Å²) in [6.45, 7) is 3.65. The lowest BCUT2D eigenvalue weighted by Crippen LogP contribution is -2.21. The Labute approximate surface area is 119 Å². The van der Waals surface area contributed by atoms with Gasteiger partial charge >= 0.3 is 0 Å². The number of hydrogen-bond donors (Lipinski definition) is 1. The van der Waals surface area contributed by atoms with Crippen molar-refractivity contribution in [2.24, 2.45) is 0 Å². The quantitative estimate of drug-likeness (QED) is 0.930. The highest BCUT2D eigenvalue weighted by Crippen LogP contribution is 2.34. The van der Waals surface area contributed by atoms with Crippen molar-refractivity contribution in [3.63, 3.8) is 0 Å². The molecule has 0 spiro atoms. The molecule has 0 bridgehead atoms. The van der Waals surface area contributed by atoms with Gasteiger partial charge in [0, 0.05) is 24.3 Å². The summed E-state index contributed by atoms with van der Waals surface area (Å²) in [7, 11) is 0. The lowest BCUT2D eigenvalue weighted by atomic mass is 10.00. The predicted molar refractivity (Wildman–Crippen MR) is 77.5 cm³/mol. The first kappa shape index (κ1) is 13.1. The van der Waals surface area contributed by atoms with Gasteiger partial charge in [0.05, 0.1) is 12.3 Å². The zero-order chi connectivity index (χ0) is 13.8. The van der Waals surface area contributed by atoms with E-state index in [1.807, 2.05) is 6.07 Å². The molecule has 0 saturated carbocycles. The highest BCUT2D eigenvalue weighted by molar-refractivity contribution is 5.43. The van der Waals surface area contributed by atoms with E-state index in [2.05, 4.69) is 40.4 Å². The van der Waals surface area contributed by atoms with E-state index >= 15 is 0 Å². The third-order valence-corrected chi connectivity index (χ3v) is 3.67. The Bertz CT molecular complexity index is 571.